The maximum Gasteiger partial charge on any atom is 0.254 e. The number of nitrogens with zero attached hydrogens (tertiary/aromatic N) is 4. The molecule has 0 bridgehead atoms. The van der Waals surface area contributed by atoms with E-state index in [9.17, 15) is 18.8 Å². The fourth-order valence-electron chi connectivity index (χ4n) is 3.52. The summed E-state index contributed by atoms with van der Waals surface area (Å²) in [6.45, 7) is 0.995. The number of nitrogens with two attached hydrogens (primary N) is 1. The van der Waals surface area contributed by atoms with Gasteiger partial charge in [0.2, 0.25) is 0 Å². The van der Waals surface area contributed by atoms with Crippen molar-refractivity contribution in [3.8, 4) is 6.07 Å². The smallest absolute Gasteiger partial charge is 0.254 e. The van der Waals surface area contributed by atoms with Crippen LogP contribution in [0.4, 0.5) is 14.6 Å². The molecule has 4 N–H and O–H groups in total. The topological polar surface area (TPSA) is 124 Å². The Morgan fingerprint density at radius 1 is 1.41 bits per heavy atom. The zero-order valence-electron chi connectivity index (χ0n) is 15.2. The molecule has 0 spiro atoms. The summed E-state index contributed by atoms with van der Waals surface area (Å²) in [5.74, 6) is -1.64. The number of halogens is 2. The van der Waals surface area contributed by atoms with Crippen LogP contribution in [0.2, 0.25) is 0 Å². The number of amides is 1. The third-order valence-corrected chi connectivity index (χ3v) is 5.03. The van der Waals surface area contributed by atoms with Crippen molar-refractivity contribution in [1.29, 1.82) is 5.26 Å². The van der Waals surface area contributed by atoms with Crippen molar-refractivity contribution in [2.24, 2.45) is 5.73 Å². The number of hydrogen-bond acceptors (Lipinski definition) is 6. The molecule has 1 atom stereocenters. The van der Waals surface area contributed by atoms with E-state index in [-0.39, 0.29) is 12.1 Å². The van der Waals surface area contributed by atoms with E-state index in [2.05, 4.69) is 26.3 Å². The summed E-state index contributed by atoms with van der Waals surface area (Å²) < 4.78 is 27.1. The maximum absolute atomic E-state index is 13.8. The van der Waals surface area contributed by atoms with Gasteiger partial charge >= 0.3 is 0 Å². The first-order chi connectivity index (χ1) is 13.9. The minimum atomic E-state index is -0.803. The van der Waals surface area contributed by atoms with E-state index in [0.717, 1.165) is 18.2 Å². The van der Waals surface area contributed by atoms with Gasteiger partial charge in [-0.2, -0.15) is 5.26 Å². The predicted octanol–water partition coefficient (Wildman–Crippen LogP) is 1.45. The molecule has 8 nitrogen and oxygen atoms in total. The molecule has 3 aromatic rings. The molecule has 3 heterocycles. The second-order valence-electron chi connectivity index (χ2n) is 7.08. The Morgan fingerprint density at radius 3 is 3.03 bits per heavy atom. The van der Waals surface area contributed by atoms with E-state index < -0.39 is 23.1 Å². The molecular formula is C19H17F2N7O. The molecule has 1 amide bonds. The molecule has 1 saturated heterocycles. The Hall–Kier alpha value is -3.58. The normalized spacial score (nSPS) is 18.8. The lowest BCUT2D eigenvalue weighted by Gasteiger charge is -2.25. The zero-order valence-corrected chi connectivity index (χ0v) is 15.2. The van der Waals surface area contributed by atoms with Crippen molar-refractivity contribution in [2.45, 2.75) is 12.0 Å². The zero-order chi connectivity index (χ0) is 20.6. The summed E-state index contributed by atoms with van der Waals surface area (Å²) in [5.41, 5.74) is 6.25. The number of benzene rings is 1. The monoisotopic (exact) mass is 397 g/mol. The van der Waals surface area contributed by atoms with Gasteiger partial charge in [-0.25, -0.2) is 18.7 Å². The third kappa shape index (κ3) is 3.48. The summed E-state index contributed by atoms with van der Waals surface area (Å²) in [6, 6.07) is 4.81. The van der Waals surface area contributed by atoms with E-state index in [1.54, 1.807) is 6.20 Å². The minimum absolute atomic E-state index is 0.0742. The first kappa shape index (κ1) is 18.8. The molecule has 1 aliphatic rings. The first-order valence-corrected chi connectivity index (χ1v) is 8.89. The molecule has 1 aromatic carbocycles. The molecule has 0 aliphatic carbocycles. The van der Waals surface area contributed by atoms with Crippen molar-refractivity contribution in [1.82, 2.24) is 20.3 Å². The molecular weight excluding hydrogens is 380 g/mol. The van der Waals surface area contributed by atoms with Crippen LogP contribution in [-0.2, 0) is 0 Å². The Labute approximate surface area is 164 Å². The minimum Gasteiger partial charge on any atom is -0.354 e. The molecule has 0 radical (unpaired) electrons. The highest BCUT2D eigenvalue weighted by atomic mass is 19.1. The Morgan fingerprint density at radius 2 is 2.24 bits per heavy atom. The first-order valence-electron chi connectivity index (χ1n) is 8.89. The van der Waals surface area contributed by atoms with E-state index in [1.165, 1.54) is 6.33 Å². The highest BCUT2D eigenvalue weighted by molar-refractivity contribution is 5.94. The Balaban J connectivity index is 1.49. The maximum atomic E-state index is 13.8. The number of nitrogens with one attached hydrogen (secondary N) is 2. The van der Waals surface area contributed by atoms with Crippen molar-refractivity contribution in [3.63, 3.8) is 0 Å². The van der Waals surface area contributed by atoms with Gasteiger partial charge in [0.05, 0.1) is 22.1 Å². The number of carbonyl (C=O) groups excluding carboxylic acids is 1. The number of carbonyl (C=O) groups is 1. The summed E-state index contributed by atoms with van der Waals surface area (Å²) in [5, 5.41) is 12.5. The average Bonchev–Trinajstić information content (AvgIpc) is 3.32. The van der Waals surface area contributed by atoms with Crippen LogP contribution < -0.4 is 16.0 Å². The summed E-state index contributed by atoms with van der Waals surface area (Å²) >= 11 is 0. The van der Waals surface area contributed by atoms with Gasteiger partial charge in [-0.15, -0.1) is 0 Å². The molecule has 10 heteroatoms. The molecule has 148 valence electrons. The van der Waals surface area contributed by atoms with Crippen LogP contribution in [0.3, 0.4) is 0 Å². The number of aromatic amines is 1. The number of anilines is 1. The van der Waals surface area contributed by atoms with Crippen LogP contribution in [0.5, 0.6) is 0 Å². The molecule has 1 aliphatic heterocycles. The molecule has 0 unspecified atom stereocenters. The lowest BCUT2D eigenvalue weighted by atomic mass is 10.00. The molecule has 29 heavy (non-hydrogen) atoms. The van der Waals surface area contributed by atoms with Gasteiger partial charge in [0, 0.05) is 25.8 Å². The van der Waals surface area contributed by atoms with Crippen molar-refractivity contribution >= 4 is 22.8 Å². The SMILES string of the molecule is N#Cc1c[nH]c2ncnc(N3CC[C@](N)(CNC(=O)c4cc(F)ccc4F)C3)c12. The van der Waals surface area contributed by atoms with Gasteiger partial charge in [-0.05, 0) is 24.6 Å². The standard InChI is InChI=1S/C19H17F2N7O/c20-12-1-2-14(21)13(5-12)18(29)25-8-19(23)3-4-28(9-19)17-15-11(6-22)7-24-16(15)26-10-27-17/h1-2,5,7,10H,3-4,8-9,23H2,(H,25,29)(H,24,26,27)/t19-/m0/s1. The van der Waals surface area contributed by atoms with Gasteiger partial charge < -0.3 is 20.9 Å². The van der Waals surface area contributed by atoms with Crippen molar-refractivity contribution in [2.75, 3.05) is 24.5 Å². The van der Waals surface area contributed by atoms with E-state index >= 15 is 0 Å². The molecule has 2 aromatic heterocycles. The van der Waals surface area contributed by atoms with Crippen molar-refractivity contribution < 1.29 is 13.6 Å². The second kappa shape index (κ2) is 7.10. The number of nitriles is 1. The van der Waals surface area contributed by atoms with Gasteiger partial charge in [0.25, 0.3) is 5.91 Å². The summed E-state index contributed by atoms with van der Waals surface area (Å²) in [7, 11) is 0. The largest absolute Gasteiger partial charge is 0.354 e. The Kier molecular flexibility index (Phi) is 4.60. The van der Waals surface area contributed by atoms with Crippen LogP contribution in [0, 0.1) is 23.0 Å². The predicted molar refractivity (Wildman–Crippen MR) is 101 cm³/mol. The van der Waals surface area contributed by atoms with Gasteiger partial charge in [0.15, 0.2) is 0 Å². The van der Waals surface area contributed by atoms with Gasteiger partial charge in [-0.1, -0.05) is 0 Å². The number of hydrogen-bond donors (Lipinski definition) is 3. The summed E-state index contributed by atoms with van der Waals surface area (Å²) in [6.07, 6.45) is 3.51. The number of rotatable bonds is 4. The van der Waals surface area contributed by atoms with Crippen LogP contribution in [-0.4, -0.2) is 46.0 Å². The summed E-state index contributed by atoms with van der Waals surface area (Å²) in [4.78, 5) is 25.5. The van der Waals surface area contributed by atoms with Crippen LogP contribution in [0.1, 0.15) is 22.3 Å². The average molecular weight is 397 g/mol. The number of fused-ring (bicyclic) bond motifs is 1. The molecule has 4 rings (SSSR count). The van der Waals surface area contributed by atoms with E-state index in [4.69, 9.17) is 5.73 Å². The molecule has 1 fully saturated rings. The molecule has 0 saturated carbocycles. The van der Waals surface area contributed by atoms with Gasteiger partial charge in [-0.3, -0.25) is 4.79 Å². The third-order valence-electron chi connectivity index (χ3n) is 5.03. The lowest BCUT2D eigenvalue weighted by Crippen LogP contribution is -2.52. The van der Waals surface area contributed by atoms with E-state index in [0.29, 0.717) is 41.9 Å². The number of H-pyrrole nitrogens is 1. The fourth-order valence-corrected chi connectivity index (χ4v) is 3.52. The quantitative estimate of drug-likeness (QED) is 0.612. The van der Waals surface area contributed by atoms with Gasteiger partial charge in [0.1, 0.15) is 35.5 Å². The second-order valence-corrected chi connectivity index (χ2v) is 7.08. The highest BCUT2D eigenvalue weighted by Gasteiger charge is 2.36. The number of aromatic nitrogens is 3. The van der Waals surface area contributed by atoms with E-state index in [1.807, 2.05) is 4.90 Å². The van der Waals surface area contributed by atoms with Crippen LogP contribution >= 0.6 is 0 Å². The highest BCUT2D eigenvalue weighted by Crippen LogP contribution is 2.30. The Bertz CT molecular complexity index is 1140. The lowest BCUT2D eigenvalue weighted by molar-refractivity contribution is 0.0940. The van der Waals surface area contributed by atoms with Crippen molar-refractivity contribution in [3.05, 3.63) is 53.5 Å². The fraction of sp³-hybridized carbons (Fsp3) is 0.263. The van der Waals surface area contributed by atoms with Crippen LogP contribution in [0.15, 0.2) is 30.7 Å². The van der Waals surface area contributed by atoms with Crippen LogP contribution in [0.25, 0.3) is 11.0 Å².